The van der Waals surface area contributed by atoms with E-state index >= 15 is 0 Å². The van der Waals surface area contributed by atoms with Crippen LogP contribution in [0.2, 0.25) is 0 Å². The number of hydrogen-bond donors (Lipinski definition) is 2. The van der Waals surface area contributed by atoms with Crippen LogP contribution in [0.1, 0.15) is 49.9 Å². The first-order valence-corrected chi connectivity index (χ1v) is 11.8. The summed E-state index contributed by atoms with van der Waals surface area (Å²) in [5.74, 6) is -1.16. The highest BCUT2D eigenvalue weighted by molar-refractivity contribution is 7.94. The summed E-state index contributed by atoms with van der Waals surface area (Å²) in [4.78, 5) is 24.4. The molecule has 158 valence electrons. The molecule has 0 bridgehead atoms. The molecule has 0 saturated carbocycles. The average Bonchev–Trinajstić information content (AvgIpc) is 3.22. The summed E-state index contributed by atoms with van der Waals surface area (Å²) in [6, 6.07) is 9.21. The van der Waals surface area contributed by atoms with E-state index in [1.807, 2.05) is 6.92 Å². The molecule has 29 heavy (non-hydrogen) atoms. The van der Waals surface area contributed by atoms with E-state index in [2.05, 4.69) is 17.0 Å². The number of ether oxygens (including phenoxy) is 1. The van der Waals surface area contributed by atoms with Gasteiger partial charge >= 0.3 is 5.97 Å². The first-order valence-electron chi connectivity index (χ1n) is 9.45. The molecule has 7 nitrogen and oxygen atoms in total. The van der Waals surface area contributed by atoms with Gasteiger partial charge in [0.15, 0.2) is 6.61 Å². The van der Waals surface area contributed by atoms with Crippen LogP contribution in [0.3, 0.4) is 0 Å². The van der Waals surface area contributed by atoms with E-state index in [4.69, 9.17) is 4.74 Å². The summed E-state index contributed by atoms with van der Waals surface area (Å²) in [6.45, 7) is 3.59. The summed E-state index contributed by atoms with van der Waals surface area (Å²) in [6.07, 6.45) is 4.09. The van der Waals surface area contributed by atoms with Gasteiger partial charge in [0.2, 0.25) is 0 Å². The van der Waals surface area contributed by atoms with E-state index in [-0.39, 0.29) is 27.4 Å². The zero-order valence-electron chi connectivity index (χ0n) is 16.5. The summed E-state index contributed by atoms with van der Waals surface area (Å²) >= 11 is 1.07. The molecule has 0 fully saturated rings. The number of hydrogen-bond acceptors (Lipinski definition) is 6. The van der Waals surface area contributed by atoms with Gasteiger partial charge in [-0.05, 0) is 36.9 Å². The van der Waals surface area contributed by atoms with Gasteiger partial charge < -0.3 is 10.1 Å². The maximum atomic E-state index is 12.4. The third-order valence-corrected chi connectivity index (χ3v) is 6.90. The van der Waals surface area contributed by atoms with Crippen LogP contribution in [-0.2, 0) is 19.6 Å². The molecule has 0 aliphatic heterocycles. The van der Waals surface area contributed by atoms with Crippen LogP contribution in [0.4, 0.5) is 5.69 Å². The first-order chi connectivity index (χ1) is 13.8. The first kappa shape index (κ1) is 22.9. The van der Waals surface area contributed by atoms with Gasteiger partial charge in [-0.2, -0.15) is 0 Å². The van der Waals surface area contributed by atoms with Crippen molar-refractivity contribution in [3.63, 3.8) is 0 Å². The van der Waals surface area contributed by atoms with Crippen LogP contribution in [0, 0.1) is 0 Å². The Kier molecular flexibility index (Phi) is 8.66. The number of esters is 1. The number of benzene rings is 1. The Hall–Kier alpha value is -2.39. The number of amides is 1. The molecule has 2 N–H and O–H groups in total. The van der Waals surface area contributed by atoms with Crippen LogP contribution in [0.5, 0.6) is 0 Å². The second-order valence-corrected chi connectivity index (χ2v) is 9.48. The maximum absolute atomic E-state index is 12.4. The molecule has 0 aliphatic rings. The molecular weight excluding hydrogens is 412 g/mol. The highest BCUT2D eigenvalue weighted by Crippen LogP contribution is 2.23. The second-order valence-electron chi connectivity index (χ2n) is 6.62. The maximum Gasteiger partial charge on any atom is 0.340 e. The standard InChI is InChI=1S/C20H26N2O5S2/c1-3-4-5-9-15(2)21-18(23)14-27-20(24)16-10-6-7-11-17(16)22-29(25,26)19-12-8-13-28-19/h6-8,10-13,15,22H,3-5,9,14H2,1-2H3,(H,21,23). The van der Waals surface area contributed by atoms with Gasteiger partial charge in [0.05, 0.1) is 11.3 Å². The summed E-state index contributed by atoms with van der Waals surface area (Å²) in [7, 11) is -3.80. The molecule has 2 rings (SSSR count). The number of unbranched alkanes of at least 4 members (excludes halogenated alkanes) is 2. The quantitative estimate of drug-likeness (QED) is 0.411. The smallest absolute Gasteiger partial charge is 0.340 e. The Morgan fingerprint density at radius 3 is 2.59 bits per heavy atom. The minimum absolute atomic E-state index is 0.00218. The molecule has 1 aromatic heterocycles. The van der Waals surface area contributed by atoms with E-state index in [1.54, 1.807) is 23.6 Å². The lowest BCUT2D eigenvalue weighted by molar-refractivity contribution is -0.124. The number of thiophene rings is 1. The van der Waals surface area contributed by atoms with E-state index in [9.17, 15) is 18.0 Å². The minimum Gasteiger partial charge on any atom is -0.452 e. The van der Waals surface area contributed by atoms with Crippen LogP contribution >= 0.6 is 11.3 Å². The fourth-order valence-electron chi connectivity index (χ4n) is 2.66. The SMILES string of the molecule is CCCCCC(C)NC(=O)COC(=O)c1ccccc1NS(=O)(=O)c1cccs1. The van der Waals surface area contributed by atoms with Crippen molar-refractivity contribution in [3.05, 3.63) is 47.3 Å². The topological polar surface area (TPSA) is 102 Å². The van der Waals surface area contributed by atoms with Gasteiger partial charge in [0.1, 0.15) is 4.21 Å². The third kappa shape index (κ3) is 7.17. The molecule has 1 unspecified atom stereocenters. The van der Waals surface area contributed by atoms with Gasteiger partial charge in [-0.3, -0.25) is 9.52 Å². The van der Waals surface area contributed by atoms with Crippen LogP contribution in [-0.4, -0.2) is 32.9 Å². The Bertz CT molecular complexity index is 911. The normalized spacial score (nSPS) is 12.2. The third-order valence-electron chi connectivity index (χ3n) is 4.13. The second kappa shape index (κ2) is 11.0. The fraction of sp³-hybridized carbons (Fsp3) is 0.400. The Balaban J connectivity index is 1.95. The predicted octanol–water partition coefficient (Wildman–Crippen LogP) is 3.79. The zero-order valence-corrected chi connectivity index (χ0v) is 18.1. The molecule has 1 heterocycles. The number of anilines is 1. The monoisotopic (exact) mass is 438 g/mol. The van der Waals surface area contributed by atoms with Gasteiger partial charge in [0.25, 0.3) is 15.9 Å². The summed E-state index contributed by atoms with van der Waals surface area (Å²) < 4.78 is 32.4. The van der Waals surface area contributed by atoms with E-state index < -0.39 is 22.6 Å². The van der Waals surface area contributed by atoms with Crippen LogP contribution in [0.25, 0.3) is 0 Å². The molecule has 0 radical (unpaired) electrons. The molecule has 0 saturated heterocycles. The van der Waals surface area contributed by atoms with Crippen molar-refractivity contribution >= 4 is 38.9 Å². The van der Waals surface area contributed by atoms with Gasteiger partial charge in [-0.15, -0.1) is 11.3 Å². The molecule has 0 spiro atoms. The highest BCUT2D eigenvalue weighted by Gasteiger charge is 2.20. The lowest BCUT2D eigenvalue weighted by atomic mass is 10.1. The van der Waals surface area contributed by atoms with Crippen LogP contribution in [0.15, 0.2) is 46.0 Å². The Morgan fingerprint density at radius 1 is 1.14 bits per heavy atom. The average molecular weight is 439 g/mol. The molecule has 9 heteroatoms. The predicted molar refractivity (Wildman–Crippen MR) is 114 cm³/mol. The molecule has 1 aromatic carbocycles. The van der Waals surface area contributed by atoms with Crippen molar-refractivity contribution in [1.29, 1.82) is 0 Å². The van der Waals surface area contributed by atoms with Crippen molar-refractivity contribution in [2.24, 2.45) is 0 Å². The van der Waals surface area contributed by atoms with E-state index in [0.29, 0.717) is 0 Å². The van der Waals surface area contributed by atoms with Gasteiger partial charge in [0, 0.05) is 6.04 Å². The number of carbonyl (C=O) groups excluding carboxylic acids is 2. The van der Waals surface area contributed by atoms with Crippen molar-refractivity contribution in [3.8, 4) is 0 Å². The number of sulfonamides is 1. The van der Waals surface area contributed by atoms with Crippen molar-refractivity contribution in [2.45, 2.75) is 49.8 Å². The minimum atomic E-state index is -3.80. The summed E-state index contributed by atoms with van der Waals surface area (Å²) in [5.41, 5.74) is 0.135. The molecule has 1 atom stereocenters. The summed E-state index contributed by atoms with van der Waals surface area (Å²) in [5, 5.41) is 4.44. The lowest BCUT2D eigenvalue weighted by Gasteiger charge is -2.14. The van der Waals surface area contributed by atoms with Gasteiger partial charge in [-0.1, -0.05) is 44.4 Å². The molecule has 2 aromatic rings. The van der Waals surface area contributed by atoms with E-state index in [1.165, 1.54) is 18.2 Å². The number of nitrogens with one attached hydrogen (secondary N) is 2. The molecule has 1 amide bonds. The molecular formula is C20H26N2O5S2. The van der Waals surface area contributed by atoms with Gasteiger partial charge in [-0.25, -0.2) is 13.2 Å². The van der Waals surface area contributed by atoms with E-state index in [0.717, 1.165) is 37.0 Å². The Morgan fingerprint density at radius 2 is 1.90 bits per heavy atom. The number of rotatable bonds is 11. The van der Waals surface area contributed by atoms with Crippen molar-refractivity contribution in [1.82, 2.24) is 5.32 Å². The fourth-order valence-corrected chi connectivity index (χ4v) is 4.73. The zero-order chi connectivity index (χ0) is 21.3. The highest BCUT2D eigenvalue weighted by atomic mass is 32.2. The number of para-hydroxylation sites is 1. The van der Waals surface area contributed by atoms with Crippen molar-refractivity contribution in [2.75, 3.05) is 11.3 Å². The van der Waals surface area contributed by atoms with Crippen molar-refractivity contribution < 1.29 is 22.7 Å². The molecule has 0 aliphatic carbocycles. The Labute approximate surface area is 175 Å². The number of carbonyl (C=O) groups is 2. The lowest BCUT2D eigenvalue weighted by Crippen LogP contribution is -2.35. The largest absolute Gasteiger partial charge is 0.452 e. The van der Waals surface area contributed by atoms with Crippen LogP contribution < -0.4 is 10.0 Å².